The van der Waals surface area contributed by atoms with Gasteiger partial charge in [-0.3, -0.25) is 0 Å². The molecule has 27 heavy (non-hydrogen) atoms. The molecule has 0 radical (unpaired) electrons. The van der Waals surface area contributed by atoms with E-state index in [-0.39, 0.29) is 19.0 Å². The third-order valence-electron chi connectivity index (χ3n) is 4.85. The fourth-order valence-corrected chi connectivity index (χ4v) is 3.37. The molecule has 1 fully saturated rings. The Morgan fingerprint density at radius 2 is 2.11 bits per heavy atom. The number of aliphatic hydroxyl groups excluding tert-OH is 1. The molecular formula is C18H18N4O5. The summed E-state index contributed by atoms with van der Waals surface area (Å²) in [6.45, 7) is -0.268. The van der Waals surface area contributed by atoms with Crippen LogP contribution in [0.2, 0.25) is 0 Å². The Labute approximate surface area is 153 Å². The SMILES string of the molecule is COC(=O)c1c(Cn2cc(C(=O)O)nn2)n(CO)c2cc(C3CC3)ccc12. The Balaban J connectivity index is 1.87. The molecule has 0 spiro atoms. The van der Waals surface area contributed by atoms with Gasteiger partial charge in [-0.2, -0.15) is 0 Å². The summed E-state index contributed by atoms with van der Waals surface area (Å²) in [5, 5.41) is 27.0. The molecule has 0 atom stereocenters. The van der Waals surface area contributed by atoms with Crippen molar-refractivity contribution in [2.75, 3.05) is 7.11 Å². The molecule has 9 nitrogen and oxygen atoms in total. The summed E-state index contributed by atoms with van der Waals surface area (Å²) in [6, 6.07) is 5.86. The van der Waals surface area contributed by atoms with Gasteiger partial charge in [-0.1, -0.05) is 17.3 Å². The van der Waals surface area contributed by atoms with Gasteiger partial charge in [0.1, 0.15) is 6.73 Å². The molecule has 0 amide bonds. The number of ether oxygens (including phenoxy) is 1. The summed E-state index contributed by atoms with van der Waals surface area (Å²) in [7, 11) is 1.30. The second-order valence-corrected chi connectivity index (χ2v) is 6.54. The molecule has 0 unspecified atom stereocenters. The maximum atomic E-state index is 12.5. The molecule has 0 bridgehead atoms. The maximum Gasteiger partial charge on any atom is 0.358 e. The number of aromatic nitrogens is 4. The maximum absolute atomic E-state index is 12.5. The van der Waals surface area contributed by atoms with Crippen LogP contribution in [0, 0.1) is 0 Å². The zero-order chi connectivity index (χ0) is 19.1. The number of nitrogens with zero attached hydrogens (tertiary/aromatic N) is 4. The highest BCUT2D eigenvalue weighted by atomic mass is 16.5. The second kappa shape index (κ2) is 6.51. The normalized spacial score (nSPS) is 13.9. The number of methoxy groups -OCH3 is 1. The predicted octanol–water partition coefficient (Wildman–Crippen LogP) is 1.59. The van der Waals surface area contributed by atoms with Crippen LogP contribution >= 0.6 is 0 Å². The Bertz CT molecular complexity index is 1050. The molecule has 9 heteroatoms. The van der Waals surface area contributed by atoms with Crippen LogP contribution in [-0.2, 0) is 18.0 Å². The molecule has 3 aromatic rings. The van der Waals surface area contributed by atoms with E-state index in [0.717, 1.165) is 18.4 Å². The van der Waals surface area contributed by atoms with Gasteiger partial charge in [0.2, 0.25) is 0 Å². The first-order chi connectivity index (χ1) is 13.0. The zero-order valence-corrected chi connectivity index (χ0v) is 14.6. The van der Waals surface area contributed by atoms with Crippen LogP contribution in [0.1, 0.15) is 50.9 Å². The first kappa shape index (κ1) is 17.2. The average Bonchev–Trinajstić information content (AvgIpc) is 3.33. The highest BCUT2D eigenvalue weighted by molar-refractivity contribution is 6.06. The number of carboxylic acid groups (broad SMARTS) is 1. The fourth-order valence-electron chi connectivity index (χ4n) is 3.37. The molecule has 2 N–H and O–H groups in total. The summed E-state index contributed by atoms with van der Waals surface area (Å²) in [5.41, 5.74) is 2.52. The summed E-state index contributed by atoms with van der Waals surface area (Å²) in [6.07, 6.45) is 3.55. The molecule has 2 heterocycles. The van der Waals surface area contributed by atoms with Gasteiger partial charge in [0.25, 0.3) is 0 Å². The molecule has 0 aliphatic heterocycles. The number of carboxylic acids is 1. The van der Waals surface area contributed by atoms with Crippen molar-refractivity contribution in [2.45, 2.75) is 32.0 Å². The number of fused-ring (bicyclic) bond motifs is 1. The van der Waals surface area contributed by atoms with E-state index in [0.29, 0.717) is 22.6 Å². The van der Waals surface area contributed by atoms with Crippen LogP contribution in [0.4, 0.5) is 0 Å². The lowest BCUT2D eigenvalue weighted by molar-refractivity contribution is 0.0599. The van der Waals surface area contributed by atoms with E-state index in [1.54, 1.807) is 4.57 Å². The number of aliphatic hydroxyl groups is 1. The monoisotopic (exact) mass is 370 g/mol. The Hall–Kier alpha value is -3.20. The zero-order valence-electron chi connectivity index (χ0n) is 14.6. The minimum atomic E-state index is -1.19. The van der Waals surface area contributed by atoms with Crippen molar-refractivity contribution >= 4 is 22.8 Å². The van der Waals surface area contributed by atoms with E-state index < -0.39 is 11.9 Å². The van der Waals surface area contributed by atoms with Crippen LogP contribution in [0.15, 0.2) is 24.4 Å². The third-order valence-corrected chi connectivity index (χ3v) is 4.85. The lowest BCUT2D eigenvalue weighted by Crippen LogP contribution is -2.13. The summed E-state index contributed by atoms with van der Waals surface area (Å²) in [4.78, 5) is 23.5. The summed E-state index contributed by atoms with van der Waals surface area (Å²) in [5.74, 6) is -1.19. The van der Waals surface area contributed by atoms with E-state index in [2.05, 4.69) is 10.3 Å². The van der Waals surface area contributed by atoms with E-state index >= 15 is 0 Å². The molecule has 4 rings (SSSR count). The minimum absolute atomic E-state index is 0.0682. The minimum Gasteiger partial charge on any atom is -0.476 e. The molecule has 1 aliphatic carbocycles. The second-order valence-electron chi connectivity index (χ2n) is 6.54. The topological polar surface area (TPSA) is 119 Å². The van der Waals surface area contributed by atoms with Crippen molar-refractivity contribution in [3.63, 3.8) is 0 Å². The Morgan fingerprint density at radius 1 is 1.33 bits per heavy atom. The number of aromatic carboxylic acids is 1. The van der Waals surface area contributed by atoms with Crippen molar-refractivity contribution < 1.29 is 24.5 Å². The van der Waals surface area contributed by atoms with Gasteiger partial charge in [-0.15, -0.1) is 5.10 Å². The number of esters is 1. The van der Waals surface area contributed by atoms with E-state index in [4.69, 9.17) is 9.84 Å². The van der Waals surface area contributed by atoms with Gasteiger partial charge in [-0.05, 0) is 30.4 Å². The van der Waals surface area contributed by atoms with Crippen LogP contribution in [0.3, 0.4) is 0 Å². The fraction of sp³-hybridized carbons (Fsp3) is 0.333. The number of hydrogen-bond acceptors (Lipinski definition) is 6. The predicted molar refractivity (Wildman–Crippen MR) is 93.6 cm³/mol. The van der Waals surface area contributed by atoms with Gasteiger partial charge in [0.05, 0.1) is 36.6 Å². The number of rotatable bonds is 6. The average molecular weight is 370 g/mol. The first-order valence-corrected chi connectivity index (χ1v) is 8.51. The van der Waals surface area contributed by atoms with Crippen LogP contribution in [0.25, 0.3) is 10.9 Å². The summed E-state index contributed by atoms with van der Waals surface area (Å²) >= 11 is 0. The molecular weight excluding hydrogens is 352 g/mol. The van der Waals surface area contributed by atoms with Crippen LogP contribution in [-0.4, -0.2) is 48.8 Å². The smallest absolute Gasteiger partial charge is 0.358 e. The van der Waals surface area contributed by atoms with E-state index in [1.807, 2.05) is 18.2 Å². The third kappa shape index (κ3) is 2.95. The Morgan fingerprint density at radius 3 is 2.70 bits per heavy atom. The van der Waals surface area contributed by atoms with Gasteiger partial charge < -0.3 is 19.5 Å². The van der Waals surface area contributed by atoms with Crippen molar-refractivity contribution in [2.24, 2.45) is 0 Å². The molecule has 140 valence electrons. The van der Waals surface area contributed by atoms with Gasteiger partial charge in [0, 0.05) is 5.39 Å². The standard InChI is InChI=1S/C18H18N4O5/c1-27-18(26)16-12-5-4-11(10-2-3-10)6-14(12)22(9-23)15(16)8-21-7-13(17(24)25)19-20-21/h4-7,10,23H,2-3,8-9H2,1H3,(H,24,25). The van der Waals surface area contributed by atoms with Crippen molar-refractivity contribution in [3.05, 3.63) is 46.9 Å². The number of carbonyl (C=O) groups is 2. The summed E-state index contributed by atoms with van der Waals surface area (Å²) < 4.78 is 7.88. The van der Waals surface area contributed by atoms with Crippen molar-refractivity contribution in [1.29, 1.82) is 0 Å². The molecule has 1 aliphatic rings. The molecule has 0 saturated heterocycles. The Kier molecular flexibility index (Phi) is 4.15. The molecule has 1 saturated carbocycles. The number of carbonyl (C=O) groups excluding carboxylic acids is 1. The highest BCUT2D eigenvalue weighted by Gasteiger charge is 2.27. The lowest BCUT2D eigenvalue weighted by Gasteiger charge is -2.09. The van der Waals surface area contributed by atoms with Crippen LogP contribution < -0.4 is 0 Å². The van der Waals surface area contributed by atoms with Gasteiger partial charge in [0.15, 0.2) is 5.69 Å². The molecule has 1 aromatic carbocycles. The number of hydrogen-bond donors (Lipinski definition) is 2. The highest BCUT2D eigenvalue weighted by Crippen LogP contribution is 2.41. The van der Waals surface area contributed by atoms with Gasteiger partial charge >= 0.3 is 11.9 Å². The quantitative estimate of drug-likeness (QED) is 0.632. The first-order valence-electron chi connectivity index (χ1n) is 8.51. The van der Waals surface area contributed by atoms with Gasteiger partial charge in [-0.25, -0.2) is 14.3 Å². The largest absolute Gasteiger partial charge is 0.476 e. The molecule has 2 aromatic heterocycles. The van der Waals surface area contributed by atoms with Crippen molar-refractivity contribution in [1.82, 2.24) is 19.6 Å². The lowest BCUT2D eigenvalue weighted by atomic mass is 10.1. The van der Waals surface area contributed by atoms with Crippen LogP contribution in [0.5, 0.6) is 0 Å². The van der Waals surface area contributed by atoms with E-state index in [1.165, 1.54) is 23.6 Å². The number of benzene rings is 1. The van der Waals surface area contributed by atoms with E-state index in [9.17, 15) is 14.7 Å². The van der Waals surface area contributed by atoms with Crippen molar-refractivity contribution in [3.8, 4) is 0 Å².